The summed E-state index contributed by atoms with van der Waals surface area (Å²) < 4.78 is 9.15. The highest BCUT2D eigenvalue weighted by Gasteiger charge is 2.08. The lowest BCUT2D eigenvalue weighted by molar-refractivity contribution is -0.135. The van der Waals surface area contributed by atoms with Crippen molar-refractivity contribution in [2.24, 2.45) is 0 Å². The van der Waals surface area contributed by atoms with Gasteiger partial charge in [-0.25, -0.2) is 9.59 Å². The monoisotopic (exact) mass is 289 g/mol. The summed E-state index contributed by atoms with van der Waals surface area (Å²) in [6.07, 6.45) is 4.03. The largest absolute Gasteiger partial charge is 0.466 e. The van der Waals surface area contributed by atoms with Crippen LogP contribution < -0.4 is 5.32 Å². The summed E-state index contributed by atoms with van der Waals surface area (Å²) in [7, 11) is 2.55. The van der Waals surface area contributed by atoms with E-state index in [1.54, 1.807) is 0 Å². The van der Waals surface area contributed by atoms with Crippen molar-refractivity contribution in [1.82, 2.24) is 5.32 Å². The van der Waals surface area contributed by atoms with Crippen molar-refractivity contribution in [1.29, 1.82) is 0 Å². The Morgan fingerprint density at radius 1 is 1.10 bits per heavy atom. The van der Waals surface area contributed by atoms with Gasteiger partial charge in [-0.3, -0.25) is 0 Å². The first-order chi connectivity index (χ1) is 10.1. The molecular formula is C16H19NO4. The van der Waals surface area contributed by atoms with E-state index in [0.717, 1.165) is 11.6 Å². The molecule has 5 heteroatoms. The van der Waals surface area contributed by atoms with Crippen LogP contribution in [0.1, 0.15) is 18.5 Å². The maximum Gasteiger partial charge on any atom is 0.339 e. The first-order valence-electron chi connectivity index (χ1n) is 6.44. The van der Waals surface area contributed by atoms with E-state index in [9.17, 15) is 9.59 Å². The first-order valence-corrected chi connectivity index (χ1v) is 6.44. The Balaban J connectivity index is 2.81. The molecule has 112 valence electrons. The smallest absolute Gasteiger partial charge is 0.339 e. The van der Waals surface area contributed by atoms with Gasteiger partial charge in [0.2, 0.25) is 0 Å². The third-order valence-electron chi connectivity index (χ3n) is 2.81. The first kappa shape index (κ1) is 16.5. The fourth-order valence-corrected chi connectivity index (χ4v) is 1.57. The zero-order valence-electron chi connectivity index (χ0n) is 12.3. The van der Waals surface area contributed by atoms with Crippen molar-refractivity contribution in [2.75, 3.05) is 14.2 Å². The van der Waals surface area contributed by atoms with Gasteiger partial charge in [0.05, 0.1) is 19.8 Å². The summed E-state index contributed by atoms with van der Waals surface area (Å²) in [6, 6.07) is 9.79. The Hall–Kier alpha value is -2.56. The second-order valence-electron chi connectivity index (χ2n) is 4.25. The van der Waals surface area contributed by atoms with Crippen LogP contribution in [0, 0.1) is 0 Å². The Morgan fingerprint density at radius 3 is 2.33 bits per heavy atom. The van der Waals surface area contributed by atoms with E-state index in [0.29, 0.717) is 0 Å². The molecule has 1 rings (SSSR count). The predicted molar refractivity (Wildman–Crippen MR) is 79.2 cm³/mol. The Labute approximate surface area is 124 Å². The molecule has 1 unspecified atom stereocenters. The van der Waals surface area contributed by atoms with E-state index in [-0.39, 0.29) is 11.6 Å². The summed E-state index contributed by atoms with van der Waals surface area (Å²) in [6.45, 7) is 1.96. The Kier molecular flexibility index (Phi) is 6.74. The van der Waals surface area contributed by atoms with E-state index in [2.05, 4.69) is 14.8 Å². The fraction of sp³-hybridized carbons (Fsp3) is 0.250. The number of ether oxygens (including phenoxy) is 2. The molecule has 0 fully saturated rings. The second kappa shape index (κ2) is 8.58. The Bertz CT molecular complexity index is 534. The molecule has 1 N–H and O–H groups in total. The summed E-state index contributed by atoms with van der Waals surface area (Å²) in [5.41, 5.74) is 1.31. The molecule has 0 radical (unpaired) electrons. The highest BCUT2D eigenvalue weighted by atomic mass is 16.5. The Morgan fingerprint density at radius 2 is 1.76 bits per heavy atom. The molecule has 0 spiro atoms. The lowest BCUT2D eigenvalue weighted by Crippen LogP contribution is -2.15. The third-order valence-corrected chi connectivity index (χ3v) is 2.81. The van der Waals surface area contributed by atoms with Crippen molar-refractivity contribution in [3.05, 3.63) is 59.8 Å². The number of nitrogens with one attached hydrogen (secondary N) is 1. The van der Waals surface area contributed by atoms with Crippen LogP contribution in [0.4, 0.5) is 0 Å². The van der Waals surface area contributed by atoms with Gasteiger partial charge in [0.25, 0.3) is 0 Å². The minimum Gasteiger partial charge on any atom is -0.466 e. The fourth-order valence-electron chi connectivity index (χ4n) is 1.57. The number of rotatable bonds is 6. The van der Waals surface area contributed by atoms with Crippen LogP contribution in [0.3, 0.4) is 0 Å². The minimum atomic E-state index is -0.541. The van der Waals surface area contributed by atoms with Crippen molar-refractivity contribution in [2.45, 2.75) is 13.0 Å². The number of carbonyl (C=O) groups is 2. The second-order valence-corrected chi connectivity index (χ2v) is 4.25. The molecule has 0 amide bonds. The topological polar surface area (TPSA) is 64.6 Å². The number of esters is 2. The zero-order chi connectivity index (χ0) is 15.7. The standard InChI is InChI=1S/C16H19NO4/c1-12(13-7-5-4-6-8-13)17-11-14(16(19)21-3)9-10-15(18)20-2/h4-12,17H,1-3H3/b10-9+,14-11+. The maximum absolute atomic E-state index is 11.6. The molecule has 5 nitrogen and oxygen atoms in total. The summed E-state index contributed by atoms with van der Waals surface area (Å²) in [5.74, 6) is -1.08. The lowest BCUT2D eigenvalue weighted by atomic mass is 10.1. The van der Waals surface area contributed by atoms with Crippen LogP contribution in [0.15, 0.2) is 54.3 Å². The van der Waals surface area contributed by atoms with Gasteiger partial charge in [-0.2, -0.15) is 0 Å². The average molecular weight is 289 g/mol. The van der Waals surface area contributed by atoms with Gasteiger partial charge in [0.1, 0.15) is 0 Å². The highest BCUT2D eigenvalue weighted by molar-refractivity contribution is 5.93. The molecule has 1 aromatic carbocycles. The van der Waals surface area contributed by atoms with Crippen LogP contribution in [0.25, 0.3) is 0 Å². The van der Waals surface area contributed by atoms with E-state index in [4.69, 9.17) is 0 Å². The van der Waals surface area contributed by atoms with Gasteiger partial charge in [-0.1, -0.05) is 30.3 Å². The lowest BCUT2D eigenvalue weighted by Gasteiger charge is -2.12. The van der Waals surface area contributed by atoms with Crippen molar-refractivity contribution < 1.29 is 19.1 Å². The van der Waals surface area contributed by atoms with Gasteiger partial charge in [0, 0.05) is 18.3 Å². The van der Waals surface area contributed by atoms with Crippen LogP contribution >= 0.6 is 0 Å². The minimum absolute atomic E-state index is 0.0115. The van der Waals surface area contributed by atoms with Crippen molar-refractivity contribution in [3.8, 4) is 0 Å². The van der Waals surface area contributed by atoms with E-state index < -0.39 is 11.9 Å². The normalized spacial score (nSPS) is 12.8. The van der Waals surface area contributed by atoms with Crippen molar-refractivity contribution >= 4 is 11.9 Å². The summed E-state index contributed by atoms with van der Waals surface area (Å²) in [4.78, 5) is 22.7. The van der Waals surface area contributed by atoms with Crippen LogP contribution in [0.5, 0.6) is 0 Å². The van der Waals surface area contributed by atoms with Crippen LogP contribution in [0.2, 0.25) is 0 Å². The molecule has 0 heterocycles. The molecule has 0 saturated carbocycles. The predicted octanol–water partition coefficient (Wildman–Crippen LogP) is 2.12. The van der Waals surface area contributed by atoms with Crippen molar-refractivity contribution in [3.63, 3.8) is 0 Å². The van der Waals surface area contributed by atoms with Crippen LogP contribution in [-0.2, 0) is 19.1 Å². The molecule has 1 atom stereocenters. The molecule has 21 heavy (non-hydrogen) atoms. The van der Waals surface area contributed by atoms with E-state index in [1.807, 2.05) is 37.3 Å². The molecular weight excluding hydrogens is 270 g/mol. The highest BCUT2D eigenvalue weighted by Crippen LogP contribution is 2.11. The zero-order valence-corrected chi connectivity index (χ0v) is 12.3. The third kappa shape index (κ3) is 5.52. The molecule has 0 aliphatic carbocycles. The summed E-state index contributed by atoms with van der Waals surface area (Å²) in [5, 5.41) is 3.09. The van der Waals surface area contributed by atoms with Gasteiger partial charge in [-0.15, -0.1) is 0 Å². The van der Waals surface area contributed by atoms with Gasteiger partial charge in [-0.05, 0) is 18.6 Å². The molecule has 0 saturated heterocycles. The van der Waals surface area contributed by atoms with Gasteiger partial charge in [0.15, 0.2) is 0 Å². The van der Waals surface area contributed by atoms with Crippen LogP contribution in [-0.4, -0.2) is 26.2 Å². The number of benzene rings is 1. The molecule has 0 aliphatic rings. The summed E-state index contributed by atoms with van der Waals surface area (Å²) >= 11 is 0. The number of hydrogen-bond donors (Lipinski definition) is 1. The number of hydrogen-bond acceptors (Lipinski definition) is 5. The maximum atomic E-state index is 11.6. The number of carbonyl (C=O) groups excluding carboxylic acids is 2. The average Bonchev–Trinajstić information content (AvgIpc) is 2.54. The van der Waals surface area contributed by atoms with Gasteiger partial charge < -0.3 is 14.8 Å². The van der Waals surface area contributed by atoms with Gasteiger partial charge >= 0.3 is 11.9 Å². The SMILES string of the molecule is COC(=O)/C=C/C(=C\NC(C)c1ccccc1)C(=O)OC. The molecule has 0 aliphatic heterocycles. The number of methoxy groups -OCH3 is 2. The van der Waals surface area contributed by atoms with E-state index >= 15 is 0 Å². The quantitative estimate of drug-likeness (QED) is 0.494. The molecule has 0 aromatic heterocycles. The molecule has 0 bridgehead atoms. The molecule has 1 aromatic rings. The van der Waals surface area contributed by atoms with E-state index in [1.165, 1.54) is 26.5 Å².